The van der Waals surface area contributed by atoms with Crippen LogP contribution in [-0.4, -0.2) is 30.8 Å². The Morgan fingerprint density at radius 2 is 2.12 bits per heavy atom. The topological polar surface area (TPSA) is 47.8 Å². The predicted molar refractivity (Wildman–Crippen MR) is 70.6 cm³/mol. The smallest absolute Gasteiger partial charge is 0.107 e. The molecule has 1 atom stereocenters. The zero-order valence-corrected chi connectivity index (χ0v) is 11.3. The monoisotopic (exact) mass is 251 g/mol. The molecule has 1 unspecified atom stereocenters. The molecular weight excluding hydrogens is 234 g/mol. The first-order valence-corrected chi connectivity index (χ1v) is 7.39. The largest absolute Gasteiger partial charge is 0.330 e. The summed E-state index contributed by atoms with van der Waals surface area (Å²) in [4.78, 5) is 8.65. The molecule has 0 amide bonds. The highest BCUT2D eigenvalue weighted by molar-refractivity contribution is 7.84. The van der Waals surface area contributed by atoms with Crippen molar-refractivity contribution in [2.75, 3.05) is 12.0 Å². The van der Waals surface area contributed by atoms with Crippen LogP contribution in [0.1, 0.15) is 17.7 Å². The molecule has 4 nitrogen and oxygen atoms in total. The standard InChI is InChI=1S/C12H17N3OS/c1-9-10(2)13-7-11-12(9)15(8-14-11)5-4-6-17(3)16/h7-8H,4-6H2,1-3H3. The van der Waals surface area contributed by atoms with Crippen molar-refractivity contribution in [3.8, 4) is 0 Å². The van der Waals surface area contributed by atoms with E-state index < -0.39 is 10.8 Å². The first-order chi connectivity index (χ1) is 8.09. The van der Waals surface area contributed by atoms with Gasteiger partial charge in [0.25, 0.3) is 0 Å². The van der Waals surface area contributed by atoms with Crippen LogP contribution < -0.4 is 0 Å². The second-order valence-electron chi connectivity index (χ2n) is 4.27. The summed E-state index contributed by atoms with van der Waals surface area (Å²) in [6.07, 6.45) is 6.31. The average molecular weight is 251 g/mol. The number of aromatic nitrogens is 3. The van der Waals surface area contributed by atoms with Gasteiger partial charge in [0.15, 0.2) is 0 Å². The second-order valence-corrected chi connectivity index (χ2v) is 5.83. The van der Waals surface area contributed by atoms with Crippen molar-refractivity contribution < 1.29 is 4.21 Å². The van der Waals surface area contributed by atoms with Gasteiger partial charge >= 0.3 is 0 Å². The molecule has 0 fully saturated rings. The minimum Gasteiger partial charge on any atom is -0.330 e. The van der Waals surface area contributed by atoms with E-state index in [-0.39, 0.29) is 0 Å². The van der Waals surface area contributed by atoms with Gasteiger partial charge in [0.1, 0.15) is 5.52 Å². The summed E-state index contributed by atoms with van der Waals surface area (Å²) in [5.74, 6) is 0.739. The fraction of sp³-hybridized carbons (Fsp3) is 0.500. The molecule has 0 aliphatic heterocycles. The lowest BCUT2D eigenvalue weighted by Crippen LogP contribution is -2.03. The van der Waals surface area contributed by atoms with Gasteiger partial charge < -0.3 is 4.57 Å². The summed E-state index contributed by atoms with van der Waals surface area (Å²) in [6.45, 7) is 4.94. The molecule has 0 N–H and O–H groups in total. The van der Waals surface area contributed by atoms with Crippen molar-refractivity contribution >= 4 is 21.8 Å². The Labute approximate surface area is 104 Å². The van der Waals surface area contributed by atoms with Crippen LogP contribution >= 0.6 is 0 Å². The number of nitrogens with zero attached hydrogens (tertiary/aromatic N) is 3. The molecule has 2 rings (SSSR count). The highest BCUT2D eigenvalue weighted by Crippen LogP contribution is 2.18. The Kier molecular flexibility index (Phi) is 3.57. The van der Waals surface area contributed by atoms with E-state index in [0.29, 0.717) is 0 Å². The van der Waals surface area contributed by atoms with Crippen LogP contribution in [0.25, 0.3) is 11.0 Å². The molecule has 2 aromatic rings. The summed E-state index contributed by atoms with van der Waals surface area (Å²) in [5, 5.41) is 0. The van der Waals surface area contributed by atoms with E-state index >= 15 is 0 Å². The van der Waals surface area contributed by atoms with Crippen molar-refractivity contribution in [3.63, 3.8) is 0 Å². The second kappa shape index (κ2) is 4.96. The van der Waals surface area contributed by atoms with Gasteiger partial charge in [0, 0.05) is 35.0 Å². The lowest BCUT2D eigenvalue weighted by atomic mass is 10.2. The quantitative estimate of drug-likeness (QED) is 0.832. The van der Waals surface area contributed by atoms with Crippen LogP contribution in [0.2, 0.25) is 0 Å². The third kappa shape index (κ3) is 2.54. The van der Waals surface area contributed by atoms with Crippen LogP contribution in [0.4, 0.5) is 0 Å². The van der Waals surface area contributed by atoms with Gasteiger partial charge in [-0.2, -0.15) is 0 Å². The van der Waals surface area contributed by atoms with Crippen LogP contribution in [0.5, 0.6) is 0 Å². The Morgan fingerprint density at radius 1 is 1.35 bits per heavy atom. The molecule has 2 aromatic heterocycles. The molecule has 0 aromatic carbocycles. The normalized spacial score (nSPS) is 13.1. The molecule has 0 radical (unpaired) electrons. The summed E-state index contributed by atoms with van der Waals surface area (Å²) in [5.41, 5.74) is 4.31. The van der Waals surface area contributed by atoms with Crippen molar-refractivity contribution in [2.24, 2.45) is 0 Å². The fourth-order valence-electron chi connectivity index (χ4n) is 1.93. The zero-order valence-electron chi connectivity index (χ0n) is 10.4. The maximum absolute atomic E-state index is 11.0. The van der Waals surface area contributed by atoms with Gasteiger partial charge in [0.2, 0.25) is 0 Å². The molecule has 2 heterocycles. The molecule has 17 heavy (non-hydrogen) atoms. The number of aryl methyl sites for hydroxylation is 3. The Hall–Kier alpha value is -1.23. The van der Waals surface area contributed by atoms with E-state index in [9.17, 15) is 4.21 Å². The fourth-order valence-corrected chi connectivity index (χ4v) is 2.47. The lowest BCUT2D eigenvalue weighted by molar-refractivity contribution is 0.668. The number of hydrogen-bond donors (Lipinski definition) is 0. The van der Waals surface area contributed by atoms with E-state index in [0.717, 1.165) is 35.4 Å². The lowest BCUT2D eigenvalue weighted by Gasteiger charge is -2.06. The number of pyridine rings is 1. The van der Waals surface area contributed by atoms with Crippen LogP contribution in [0, 0.1) is 13.8 Å². The van der Waals surface area contributed by atoms with E-state index in [1.165, 1.54) is 5.56 Å². The van der Waals surface area contributed by atoms with Gasteiger partial charge in [-0.1, -0.05) is 0 Å². The minimum absolute atomic E-state index is 0.717. The minimum atomic E-state index is -0.717. The van der Waals surface area contributed by atoms with Crippen LogP contribution in [0.3, 0.4) is 0 Å². The highest BCUT2D eigenvalue weighted by atomic mass is 32.2. The summed E-state index contributed by atoms with van der Waals surface area (Å²) >= 11 is 0. The Balaban J connectivity index is 2.28. The van der Waals surface area contributed by atoms with E-state index in [2.05, 4.69) is 21.5 Å². The summed E-state index contributed by atoms with van der Waals surface area (Å²) in [6, 6.07) is 0. The zero-order chi connectivity index (χ0) is 12.4. The molecule has 0 aliphatic carbocycles. The van der Waals surface area contributed by atoms with Crippen LogP contribution in [0.15, 0.2) is 12.5 Å². The first kappa shape index (κ1) is 12.2. The number of hydrogen-bond acceptors (Lipinski definition) is 3. The third-order valence-electron chi connectivity index (χ3n) is 2.98. The first-order valence-electron chi connectivity index (χ1n) is 5.66. The number of fused-ring (bicyclic) bond motifs is 1. The van der Waals surface area contributed by atoms with Crippen molar-refractivity contribution in [1.29, 1.82) is 0 Å². The van der Waals surface area contributed by atoms with Gasteiger partial charge in [-0.15, -0.1) is 0 Å². The highest BCUT2D eigenvalue weighted by Gasteiger charge is 2.08. The number of rotatable bonds is 4. The van der Waals surface area contributed by atoms with Crippen molar-refractivity contribution in [3.05, 3.63) is 23.8 Å². The Morgan fingerprint density at radius 3 is 2.82 bits per heavy atom. The van der Waals surface area contributed by atoms with Crippen LogP contribution in [-0.2, 0) is 17.3 Å². The molecule has 0 saturated carbocycles. The molecule has 0 saturated heterocycles. The SMILES string of the molecule is Cc1ncc2ncn(CCCS(C)=O)c2c1C. The van der Waals surface area contributed by atoms with E-state index in [1.807, 2.05) is 19.4 Å². The summed E-state index contributed by atoms with van der Waals surface area (Å²) < 4.78 is 13.2. The summed E-state index contributed by atoms with van der Waals surface area (Å²) in [7, 11) is -0.717. The van der Waals surface area contributed by atoms with Gasteiger partial charge in [-0.25, -0.2) is 4.98 Å². The molecule has 0 spiro atoms. The molecule has 0 bridgehead atoms. The van der Waals surface area contributed by atoms with Crippen molar-refractivity contribution in [1.82, 2.24) is 14.5 Å². The number of imidazole rings is 1. The molecular formula is C12H17N3OS. The van der Waals surface area contributed by atoms with Gasteiger partial charge in [0.05, 0.1) is 18.0 Å². The Bertz CT molecular complexity index is 562. The molecule has 5 heteroatoms. The molecule has 0 aliphatic rings. The average Bonchev–Trinajstić information content (AvgIpc) is 2.67. The molecule has 92 valence electrons. The predicted octanol–water partition coefficient (Wildman–Crippen LogP) is 1.82. The maximum atomic E-state index is 11.0. The third-order valence-corrected chi connectivity index (χ3v) is 3.84. The van der Waals surface area contributed by atoms with E-state index in [4.69, 9.17) is 0 Å². The maximum Gasteiger partial charge on any atom is 0.107 e. The van der Waals surface area contributed by atoms with Gasteiger partial charge in [-0.3, -0.25) is 9.19 Å². The van der Waals surface area contributed by atoms with Gasteiger partial charge in [-0.05, 0) is 25.8 Å². The van der Waals surface area contributed by atoms with E-state index in [1.54, 1.807) is 6.26 Å². The van der Waals surface area contributed by atoms with Crippen molar-refractivity contribution in [2.45, 2.75) is 26.8 Å².